The van der Waals surface area contributed by atoms with Crippen LogP contribution in [0.4, 0.5) is 0 Å². The number of aldehydes is 1. The van der Waals surface area contributed by atoms with Gasteiger partial charge in [0, 0.05) is 5.56 Å². The highest BCUT2D eigenvalue weighted by molar-refractivity contribution is 5.95. The van der Waals surface area contributed by atoms with Crippen LogP contribution in [-0.4, -0.2) is 23.3 Å². The van der Waals surface area contributed by atoms with Crippen LogP contribution in [0, 0.1) is 0 Å². The second kappa shape index (κ2) is 7.61. The fourth-order valence-electron chi connectivity index (χ4n) is 1.61. The zero-order valence-corrected chi connectivity index (χ0v) is 10.6. The molecule has 0 spiro atoms. The number of aliphatic hydroxyl groups is 1. The molecule has 0 saturated heterocycles. The molecule has 0 fully saturated rings. The van der Waals surface area contributed by atoms with E-state index < -0.39 is 6.04 Å². The maximum absolute atomic E-state index is 11.8. The number of amides is 1. The van der Waals surface area contributed by atoms with Gasteiger partial charge in [0.2, 0.25) is 0 Å². The lowest BCUT2D eigenvalue weighted by atomic mass is 10.1. The summed E-state index contributed by atoms with van der Waals surface area (Å²) in [7, 11) is 0. The van der Waals surface area contributed by atoms with Gasteiger partial charge in [-0.2, -0.15) is 0 Å². The van der Waals surface area contributed by atoms with Gasteiger partial charge in [-0.15, -0.1) is 0 Å². The molecule has 0 aromatic heterocycles. The van der Waals surface area contributed by atoms with Crippen molar-refractivity contribution in [2.45, 2.75) is 38.8 Å². The predicted octanol–water partition coefficient (Wildman–Crippen LogP) is 1.67. The van der Waals surface area contributed by atoms with Gasteiger partial charge in [-0.25, -0.2) is 0 Å². The molecule has 0 heterocycles. The Kier molecular flexibility index (Phi) is 6.08. The number of aliphatic hydroxyl groups excluding tert-OH is 1. The lowest BCUT2D eigenvalue weighted by molar-refractivity contribution is -0.109. The van der Waals surface area contributed by atoms with E-state index in [1.807, 2.05) is 6.92 Å². The Hall–Kier alpha value is -1.68. The summed E-state index contributed by atoms with van der Waals surface area (Å²) in [6, 6.07) is 6.24. The molecule has 0 saturated carbocycles. The van der Waals surface area contributed by atoms with Gasteiger partial charge in [-0.1, -0.05) is 31.9 Å². The molecule has 0 bridgehead atoms. The lowest BCUT2D eigenvalue weighted by Gasteiger charge is -2.12. The summed E-state index contributed by atoms with van der Waals surface area (Å²) in [6.45, 7) is 1.99. The third-order valence-corrected chi connectivity index (χ3v) is 2.75. The summed E-state index contributed by atoms with van der Waals surface area (Å²) < 4.78 is 0. The van der Waals surface area contributed by atoms with Gasteiger partial charge in [0.05, 0.1) is 12.6 Å². The minimum absolute atomic E-state index is 0.0463. The van der Waals surface area contributed by atoms with Crippen LogP contribution < -0.4 is 5.32 Å². The van der Waals surface area contributed by atoms with Crippen molar-refractivity contribution in [3.63, 3.8) is 0 Å². The van der Waals surface area contributed by atoms with E-state index in [9.17, 15) is 9.59 Å². The molecule has 18 heavy (non-hydrogen) atoms. The number of hydrogen-bond donors (Lipinski definition) is 2. The third-order valence-electron chi connectivity index (χ3n) is 2.75. The van der Waals surface area contributed by atoms with E-state index in [-0.39, 0.29) is 12.5 Å². The number of hydrogen-bond acceptors (Lipinski definition) is 3. The SMILES string of the molecule is CCCC[C@@H](C=O)NC(=O)c1ccc(CO)cc1. The van der Waals surface area contributed by atoms with Crippen LogP contribution in [0.2, 0.25) is 0 Å². The second-order valence-electron chi connectivity index (χ2n) is 4.21. The highest BCUT2D eigenvalue weighted by Gasteiger charge is 2.12. The van der Waals surface area contributed by atoms with Crippen LogP contribution >= 0.6 is 0 Å². The molecule has 1 aromatic carbocycles. The maximum Gasteiger partial charge on any atom is 0.251 e. The molecule has 1 aromatic rings. The standard InChI is InChI=1S/C14H19NO3/c1-2-3-4-13(10-17)15-14(18)12-7-5-11(9-16)6-8-12/h5-8,10,13,16H,2-4,9H2,1H3,(H,15,18)/t13-/m0/s1. The number of carbonyl (C=O) groups is 2. The zero-order chi connectivity index (χ0) is 13.4. The van der Waals surface area contributed by atoms with Gasteiger partial charge in [-0.3, -0.25) is 4.79 Å². The number of rotatable bonds is 7. The molecule has 4 heteroatoms. The lowest BCUT2D eigenvalue weighted by Crippen LogP contribution is -2.35. The largest absolute Gasteiger partial charge is 0.392 e. The molecule has 0 radical (unpaired) electrons. The predicted molar refractivity (Wildman–Crippen MR) is 69.2 cm³/mol. The monoisotopic (exact) mass is 249 g/mol. The first kappa shape index (κ1) is 14.4. The first-order chi connectivity index (χ1) is 8.71. The van der Waals surface area contributed by atoms with Gasteiger partial charge in [0.15, 0.2) is 0 Å². The molecule has 1 atom stereocenters. The third kappa shape index (κ3) is 4.30. The van der Waals surface area contributed by atoms with Crippen molar-refractivity contribution in [1.82, 2.24) is 5.32 Å². The van der Waals surface area contributed by atoms with Crippen LogP contribution in [-0.2, 0) is 11.4 Å². The van der Waals surface area contributed by atoms with Gasteiger partial charge in [0.25, 0.3) is 5.91 Å². The normalized spacial score (nSPS) is 11.9. The van der Waals surface area contributed by atoms with Gasteiger partial charge < -0.3 is 15.2 Å². The summed E-state index contributed by atoms with van der Waals surface area (Å²) >= 11 is 0. The van der Waals surface area contributed by atoms with Crippen LogP contribution in [0.1, 0.15) is 42.1 Å². The van der Waals surface area contributed by atoms with E-state index >= 15 is 0 Å². The Morgan fingerprint density at radius 2 is 2.06 bits per heavy atom. The first-order valence-corrected chi connectivity index (χ1v) is 6.17. The average Bonchev–Trinajstić information content (AvgIpc) is 2.43. The van der Waals surface area contributed by atoms with Gasteiger partial charge in [0.1, 0.15) is 6.29 Å². The Morgan fingerprint density at radius 1 is 1.39 bits per heavy atom. The second-order valence-corrected chi connectivity index (χ2v) is 4.21. The van der Waals surface area contributed by atoms with Crippen molar-refractivity contribution < 1.29 is 14.7 Å². The van der Waals surface area contributed by atoms with Crippen molar-refractivity contribution in [1.29, 1.82) is 0 Å². The summed E-state index contributed by atoms with van der Waals surface area (Å²) in [6.07, 6.45) is 3.34. The van der Waals surface area contributed by atoms with E-state index in [1.165, 1.54) is 0 Å². The summed E-state index contributed by atoms with van der Waals surface area (Å²) in [5.74, 6) is -0.257. The molecule has 0 aliphatic carbocycles. The number of carbonyl (C=O) groups excluding carboxylic acids is 2. The Morgan fingerprint density at radius 3 is 2.56 bits per heavy atom. The summed E-state index contributed by atoms with van der Waals surface area (Å²) in [4.78, 5) is 22.7. The van der Waals surface area contributed by atoms with Gasteiger partial charge in [-0.05, 0) is 24.1 Å². The smallest absolute Gasteiger partial charge is 0.251 e. The van der Waals surface area contributed by atoms with Crippen LogP contribution in [0.25, 0.3) is 0 Å². The molecular weight excluding hydrogens is 230 g/mol. The fourth-order valence-corrected chi connectivity index (χ4v) is 1.61. The van der Waals surface area contributed by atoms with E-state index in [0.29, 0.717) is 12.0 Å². The van der Waals surface area contributed by atoms with Crippen molar-refractivity contribution in [3.8, 4) is 0 Å². The Labute approximate surface area is 107 Å². The highest BCUT2D eigenvalue weighted by atomic mass is 16.3. The molecule has 0 aliphatic rings. The number of benzene rings is 1. The Bertz CT molecular complexity index is 387. The van der Waals surface area contributed by atoms with Gasteiger partial charge >= 0.3 is 0 Å². The van der Waals surface area contributed by atoms with Crippen LogP contribution in [0.5, 0.6) is 0 Å². The molecule has 0 unspecified atom stereocenters. The van der Waals surface area contributed by atoms with Crippen LogP contribution in [0.15, 0.2) is 24.3 Å². The summed E-state index contributed by atoms with van der Waals surface area (Å²) in [5, 5.41) is 11.6. The highest BCUT2D eigenvalue weighted by Crippen LogP contribution is 2.05. The number of unbranched alkanes of at least 4 members (excludes halogenated alkanes) is 1. The zero-order valence-electron chi connectivity index (χ0n) is 10.6. The van der Waals surface area contributed by atoms with Crippen LogP contribution in [0.3, 0.4) is 0 Å². The molecule has 1 rings (SSSR count). The minimum Gasteiger partial charge on any atom is -0.392 e. The van der Waals surface area contributed by atoms with E-state index in [4.69, 9.17) is 5.11 Å². The van der Waals surface area contributed by atoms with Crippen molar-refractivity contribution >= 4 is 12.2 Å². The van der Waals surface area contributed by atoms with Crippen molar-refractivity contribution in [2.24, 2.45) is 0 Å². The molecule has 2 N–H and O–H groups in total. The molecule has 4 nitrogen and oxygen atoms in total. The Balaban J connectivity index is 2.59. The van der Waals surface area contributed by atoms with Crippen molar-refractivity contribution in [3.05, 3.63) is 35.4 Å². The summed E-state index contributed by atoms with van der Waals surface area (Å²) in [5.41, 5.74) is 1.25. The molecular formula is C14H19NO3. The maximum atomic E-state index is 11.8. The van der Waals surface area contributed by atoms with E-state index in [0.717, 1.165) is 24.7 Å². The average molecular weight is 249 g/mol. The fraction of sp³-hybridized carbons (Fsp3) is 0.429. The van der Waals surface area contributed by atoms with E-state index in [1.54, 1.807) is 24.3 Å². The van der Waals surface area contributed by atoms with Crippen molar-refractivity contribution in [2.75, 3.05) is 0 Å². The molecule has 98 valence electrons. The molecule has 1 amide bonds. The quantitative estimate of drug-likeness (QED) is 0.722. The van der Waals surface area contributed by atoms with E-state index in [2.05, 4.69) is 5.32 Å². The molecule has 0 aliphatic heterocycles. The minimum atomic E-state index is -0.421. The first-order valence-electron chi connectivity index (χ1n) is 6.17. The topological polar surface area (TPSA) is 66.4 Å². The number of nitrogens with one attached hydrogen (secondary N) is 1.